The van der Waals surface area contributed by atoms with E-state index in [0.29, 0.717) is 5.92 Å². The summed E-state index contributed by atoms with van der Waals surface area (Å²) in [6.07, 6.45) is 0. The molecule has 15 heavy (non-hydrogen) atoms. The normalized spacial score (nSPS) is 31.0. The van der Waals surface area contributed by atoms with E-state index in [-0.39, 0.29) is 12.4 Å². The van der Waals surface area contributed by atoms with Gasteiger partial charge in [0.2, 0.25) is 0 Å². The summed E-state index contributed by atoms with van der Waals surface area (Å²) in [6.45, 7) is 5.87. The molecule has 2 rings (SSSR count). The maximum absolute atomic E-state index is 5.75. The summed E-state index contributed by atoms with van der Waals surface area (Å²) >= 11 is 3.28. The van der Waals surface area contributed by atoms with Crippen molar-refractivity contribution < 1.29 is 9.15 Å². The van der Waals surface area contributed by atoms with Crippen LogP contribution in [-0.2, 0) is 10.5 Å². The molecule has 1 fully saturated rings. The summed E-state index contributed by atoms with van der Waals surface area (Å²) in [5, 5.41) is 3.34. The Bertz CT molecular complexity index is 321. The number of rotatable bonds is 1. The molecule has 86 valence electrons. The first-order valence-corrected chi connectivity index (χ1v) is 5.54. The van der Waals surface area contributed by atoms with Crippen LogP contribution in [0, 0.1) is 5.92 Å². The lowest BCUT2D eigenvalue weighted by Crippen LogP contribution is -2.49. The molecule has 2 unspecified atom stereocenters. The van der Waals surface area contributed by atoms with E-state index in [0.717, 1.165) is 23.6 Å². The van der Waals surface area contributed by atoms with E-state index < -0.39 is 5.72 Å². The van der Waals surface area contributed by atoms with Gasteiger partial charge in [0, 0.05) is 6.54 Å². The molecule has 1 aliphatic rings. The first-order chi connectivity index (χ1) is 6.60. The summed E-state index contributed by atoms with van der Waals surface area (Å²) < 4.78 is 12.0. The third-order valence-electron chi connectivity index (χ3n) is 2.49. The average Bonchev–Trinajstić information content (AvgIpc) is 2.58. The highest BCUT2D eigenvalue weighted by molar-refractivity contribution is 9.10. The molecule has 0 aliphatic carbocycles. The maximum Gasteiger partial charge on any atom is 0.175 e. The topological polar surface area (TPSA) is 34.4 Å². The van der Waals surface area contributed by atoms with Gasteiger partial charge in [0.25, 0.3) is 0 Å². The van der Waals surface area contributed by atoms with Gasteiger partial charge in [0.1, 0.15) is 0 Å². The lowest BCUT2D eigenvalue weighted by atomic mass is 10.1. The van der Waals surface area contributed by atoms with Crippen molar-refractivity contribution in [1.29, 1.82) is 0 Å². The standard InChI is InChI=1S/C10H14BrNO2.ClH/c1-7-5-12-10(2,13-6-7)8-3-4-9(11)14-8;/h3-4,7,12H,5-6H2,1-2H3;1H. The van der Waals surface area contributed by atoms with E-state index in [1.54, 1.807) is 0 Å². The molecule has 1 aliphatic heterocycles. The zero-order chi connectivity index (χ0) is 10.2. The van der Waals surface area contributed by atoms with Crippen LogP contribution in [0.5, 0.6) is 0 Å². The van der Waals surface area contributed by atoms with E-state index in [9.17, 15) is 0 Å². The van der Waals surface area contributed by atoms with Crippen LogP contribution >= 0.6 is 28.3 Å². The van der Waals surface area contributed by atoms with Crippen molar-refractivity contribution in [2.24, 2.45) is 5.92 Å². The van der Waals surface area contributed by atoms with Gasteiger partial charge < -0.3 is 9.15 Å². The van der Waals surface area contributed by atoms with Gasteiger partial charge >= 0.3 is 0 Å². The van der Waals surface area contributed by atoms with Crippen molar-refractivity contribution in [2.75, 3.05) is 13.2 Å². The van der Waals surface area contributed by atoms with E-state index in [2.05, 4.69) is 28.2 Å². The third-order valence-corrected chi connectivity index (χ3v) is 2.91. The Morgan fingerprint density at radius 1 is 1.53 bits per heavy atom. The monoisotopic (exact) mass is 295 g/mol. The van der Waals surface area contributed by atoms with Gasteiger partial charge in [-0.05, 0) is 40.9 Å². The van der Waals surface area contributed by atoms with Crippen molar-refractivity contribution in [3.63, 3.8) is 0 Å². The van der Waals surface area contributed by atoms with Crippen LogP contribution < -0.4 is 5.32 Å². The predicted octanol–water partition coefficient (Wildman–Crippen LogP) is 2.89. The van der Waals surface area contributed by atoms with Crippen LogP contribution in [-0.4, -0.2) is 13.2 Å². The summed E-state index contributed by atoms with van der Waals surface area (Å²) in [5.74, 6) is 1.37. The highest BCUT2D eigenvalue weighted by Crippen LogP contribution is 2.29. The van der Waals surface area contributed by atoms with Crippen molar-refractivity contribution in [1.82, 2.24) is 5.32 Å². The first-order valence-electron chi connectivity index (χ1n) is 4.75. The number of hydrogen-bond donors (Lipinski definition) is 1. The summed E-state index contributed by atoms with van der Waals surface area (Å²) in [5.41, 5.74) is -0.474. The molecular formula is C10H15BrClNO2. The van der Waals surface area contributed by atoms with Gasteiger partial charge in [-0.15, -0.1) is 12.4 Å². The van der Waals surface area contributed by atoms with E-state index in [4.69, 9.17) is 9.15 Å². The number of hydrogen-bond acceptors (Lipinski definition) is 3. The highest BCUT2D eigenvalue weighted by atomic mass is 79.9. The molecule has 0 bridgehead atoms. The summed E-state index contributed by atoms with van der Waals surface area (Å²) in [6, 6.07) is 3.80. The smallest absolute Gasteiger partial charge is 0.175 e. The molecule has 0 radical (unpaired) electrons. The molecular weight excluding hydrogens is 281 g/mol. The Balaban J connectivity index is 0.00000112. The van der Waals surface area contributed by atoms with Gasteiger partial charge in [0.05, 0.1) is 6.61 Å². The summed E-state index contributed by atoms with van der Waals surface area (Å²) in [4.78, 5) is 0. The largest absolute Gasteiger partial charge is 0.450 e. The van der Waals surface area contributed by atoms with Crippen LogP contribution in [0.15, 0.2) is 21.2 Å². The SMILES string of the molecule is CC1CNC(C)(c2ccc(Br)o2)OC1.Cl. The predicted molar refractivity (Wildman–Crippen MR) is 64.1 cm³/mol. The van der Waals surface area contributed by atoms with Crippen LogP contribution in [0.25, 0.3) is 0 Å². The second kappa shape index (κ2) is 4.87. The van der Waals surface area contributed by atoms with Gasteiger partial charge in [-0.2, -0.15) is 0 Å². The number of furan rings is 1. The number of nitrogens with one attached hydrogen (secondary N) is 1. The maximum atomic E-state index is 5.75. The molecule has 0 saturated carbocycles. The Hall–Kier alpha value is -0.0300. The van der Waals surface area contributed by atoms with Crippen molar-refractivity contribution >= 4 is 28.3 Å². The lowest BCUT2D eigenvalue weighted by molar-refractivity contribution is -0.118. The fraction of sp³-hybridized carbons (Fsp3) is 0.600. The van der Waals surface area contributed by atoms with Gasteiger partial charge in [0.15, 0.2) is 16.2 Å². The molecule has 1 aromatic rings. The molecule has 1 saturated heterocycles. The quantitative estimate of drug-likeness (QED) is 0.865. The Morgan fingerprint density at radius 2 is 2.27 bits per heavy atom. The zero-order valence-electron chi connectivity index (χ0n) is 8.75. The zero-order valence-corrected chi connectivity index (χ0v) is 11.2. The minimum atomic E-state index is -0.474. The van der Waals surface area contributed by atoms with Crippen molar-refractivity contribution in [3.8, 4) is 0 Å². The van der Waals surface area contributed by atoms with Crippen LogP contribution in [0.2, 0.25) is 0 Å². The molecule has 0 spiro atoms. The molecule has 1 N–H and O–H groups in total. The fourth-order valence-electron chi connectivity index (χ4n) is 1.52. The van der Waals surface area contributed by atoms with Crippen LogP contribution in [0.4, 0.5) is 0 Å². The second-order valence-electron chi connectivity index (χ2n) is 3.93. The molecule has 3 nitrogen and oxygen atoms in total. The Kier molecular flexibility index (Phi) is 4.23. The lowest BCUT2D eigenvalue weighted by Gasteiger charge is -2.36. The van der Waals surface area contributed by atoms with Crippen molar-refractivity contribution in [3.05, 3.63) is 22.6 Å². The molecule has 5 heteroatoms. The minimum Gasteiger partial charge on any atom is -0.450 e. The molecule has 1 aromatic heterocycles. The van der Waals surface area contributed by atoms with E-state index in [1.807, 2.05) is 19.1 Å². The highest BCUT2D eigenvalue weighted by Gasteiger charge is 2.34. The van der Waals surface area contributed by atoms with Crippen molar-refractivity contribution in [2.45, 2.75) is 19.6 Å². The van der Waals surface area contributed by atoms with Crippen LogP contribution in [0.1, 0.15) is 19.6 Å². The summed E-state index contributed by atoms with van der Waals surface area (Å²) in [7, 11) is 0. The number of halogens is 2. The molecule has 2 atom stereocenters. The molecule has 2 heterocycles. The van der Waals surface area contributed by atoms with E-state index >= 15 is 0 Å². The minimum absolute atomic E-state index is 0. The average molecular weight is 297 g/mol. The van der Waals surface area contributed by atoms with Gasteiger partial charge in [-0.1, -0.05) is 6.92 Å². The van der Waals surface area contributed by atoms with E-state index in [1.165, 1.54) is 0 Å². The second-order valence-corrected chi connectivity index (χ2v) is 4.72. The number of ether oxygens (including phenoxy) is 1. The Morgan fingerprint density at radius 3 is 2.73 bits per heavy atom. The van der Waals surface area contributed by atoms with Gasteiger partial charge in [-0.25, -0.2) is 0 Å². The first kappa shape index (κ1) is 13.0. The third kappa shape index (κ3) is 2.75. The fourth-order valence-corrected chi connectivity index (χ4v) is 1.82. The Labute approximate surface area is 104 Å². The molecule has 0 aromatic carbocycles. The van der Waals surface area contributed by atoms with Gasteiger partial charge in [-0.3, -0.25) is 5.32 Å². The van der Waals surface area contributed by atoms with Crippen LogP contribution in [0.3, 0.4) is 0 Å². The molecule has 0 amide bonds.